The zero-order valence-electron chi connectivity index (χ0n) is 20.4. The van der Waals surface area contributed by atoms with Crippen LogP contribution in [0.1, 0.15) is 36.8 Å². The third kappa shape index (κ3) is 4.77. The summed E-state index contributed by atoms with van der Waals surface area (Å²) in [4.78, 5) is 21.2. The first-order valence-corrected chi connectivity index (χ1v) is 11.4. The van der Waals surface area contributed by atoms with Gasteiger partial charge in [0.15, 0.2) is 17.2 Å². The highest BCUT2D eigenvalue weighted by atomic mass is 19.4. The molecule has 1 fully saturated rings. The predicted octanol–water partition coefficient (Wildman–Crippen LogP) is 5.06. The van der Waals surface area contributed by atoms with E-state index in [1.54, 1.807) is 24.7 Å². The Morgan fingerprint density at radius 3 is 2.57 bits per heavy atom. The van der Waals surface area contributed by atoms with Gasteiger partial charge in [0, 0.05) is 42.5 Å². The van der Waals surface area contributed by atoms with Crippen LogP contribution in [0.15, 0.2) is 42.9 Å². The number of ether oxygens (including phenoxy) is 2. The molecule has 7 nitrogen and oxygen atoms in total. The molecule has 1 N–H and O–H groups in total. The summed E-state index contributed by atoms with van der Waals surface area (Å²) >= 11 is 0. The second kappa shape index (κ2) is 9.73. The normalized spacial score (nSPS) is 23.8. The molecule has 198 valence electrons. The lowest BCUT2D eigenvalue weighted by Crippen LogP contribution is -2.47. The highest BCUT2D eigenvalue weighted by Crippen LogP contribution is 2.55. The van der Waals surface area contributed by atoms with Gasteiger partial charge in [0.2, 0.25) is 5.82 Å². The summed E-state index contributed by atoms with van der Waals surface area (Å²) in [5.41, 5.74) is -1.87. The fourth-order valence-corrected chi connectivity index (χ4v) is 4.44. The van der Waals surface area contributed by atoms with Crippen molar-refractivity contribution in [2.75, 3.05) is 5.32 Å². The summed E-state index contributed by atoms with van der Waals surface area (Å²) in [5.74, 6) is -6.47. The summed E-state index contributed by atoms with van der Waals surface area (Å²) in [6, 6.07) is 4.94. The van der Waals surface area contributed by atoms with E-state index < -0.39 is 53.0 Å². The number of aryl methyl sites for hydroxylation is 1. The molecule has 0 radical (unpaired) electrons. The number of hydrogen-bond acceptors (Lipinski definition) is 5. The molecule has 3 heterocycles. The predicted molar refractivity (Wildman–Crippen MR) is 123 cm³/mol. The minimum Gasteiger partial charge on any atom is -0.482 e. The van der Waals surface area contributed by atoms with Crippen molar-refractivity contribution in [1.29, 1.82) is 0 Å². The second-order valence-corrected chi connectivity index (χ2v) is 9.13. The number of imidazole rings is 1. The molecule has 0 bridgehead atoms. The van der Waals surface area contributed by atoms with Crippen LogP contribution in [-0.4, -0.2) is 38.3 Å². The maximum absolute atomic E-state index is 15.1. The summed E-state index contributed by atoms with van der Waals surface area (Å²) in [7, 11) is 1.70. The highest BCUT2D eigenvalue weighted by Gasteiger charge is 2.66. The second-order valence-electron chi connectivity index (χ2n) is 9.13. The van der Waals surface area contributed by atoms with Crippen molar-refractivity contribution in [3.05, 3.63) is 71.6 Å². The van der Waals surface area contributed by atoms with Crippen LogP contribution in [0.25, 0.3) is 0 Å². The Kier molecular flexibility index (Phi) is 6.97. The Morgan fingerprint density at radius 2 is 1.97 bits per heavy atom. The zero-order chi connectivity index (χ0) is 27.1. The maximum Gasteiger partial charge on any atom is 0.417 e. The number of halogens is 5. The van der Waals surface area contributed by atoms with E-state index in [9.17, 15) is 22.4 Å². The molecule has 0 spiro atoms. The van der Waals surface area contributed by atoms with E-state index in [1.165, 1.54) is 31.5 Å². The summed E-state index contributed by atoms with van der Waals surface area (Å²) in [6.45, 7) is 3.58. The van der Waals surface area contributed by atoms with Crippen LogP contribution in [0.5, 0.6) is 5.75 Å². The Labute approximate surface area is 209 Å². The zero-order valence-corrected chi connectivity index (χ0v) is 20.4. The minimum absolute atomic E-state index is 0.128. The number of carbonyl (C=O) groups is 1. The lowest BCUT2D eigenvalue weighted by atomic mass is 9.77. The van der Waals surface area contributed by atoms with E-state index in [-0.39, 0.29) is 17.9 Å². The number of benzene rings is 1. The summed E-state index contributed by atoms with van der Waals surface area (Å²) in [6.07, 6.45) is -2.24. The first kappa shape index (κ1) is 26.5. The van der Waals surface area contributed by atoms with Crippen LogP contribution in [0, 0.1) is 24.5 Å². The lowest BCUT2D eigenvalue weighted by Gasteiger charge is -2.32. The van der Waals surface area contributed by atoms with Gasteiger partial charge >= 0.3 is 6.18 Å². The fourth-order valence-electron chi connectivity index (χ4n) is 4.44. The molecule has 1 aromatic carbocycles. The first-order valence-electron chi connectivity index (χ1n) is 11.4. The average molecular weight is 524 g/mol. The van der Waals surface area contributed by atoms with Crippen LogP contribution < -0.4 is 10.1 Å². The van der Waals surface area contributed by atoms with Crippen LogP contribution >= 0.6 is 0 Å². The molecule has 1 aliphatic heterocycles. The number of amides is 1. The SMILES string of the molecule is Cc1cnc(COc2c([C@H]3[C@H](C(=O)Nc4cccnc4)O[C@@](C)(C(F)(F)F)[C@H]3C)ccc(F)c2F)n1C. The van der Waals surface area contributed by atoms with Gasteiger partial charge in [-0.15, -0.1) is 0 Å². The van der Waals surface area contributed by atoms with Crippen molar-refractivity contribution in [2.24, 2.45) is 13.0 Å². The van der Waals surface area contributed by atoms with Crippen molar-refractivity contribution < 1.29 is 36.2 Å². The molecule has 4 atom stereocenters. The highest BCUT2D eigenvalue weighted by molar-refractivity contribution is 5.95. The molecule has 4 rings (SSSR count). The fraction of sp³-hybridized carbons (Fsp3) is 0.400. The van der Waals surface area contributed by atoms with Gasteiger partial charge in [0.1, 0.15) is 18.5 Å². The maximum atomic E-state index is 15.1. The molecule has 0 unspecified atom stereocenters. The molecule has 12 heteroatoms. The quantitative estimate of drug-likeness (QED) is 0.457. The molecule has 3 aromatic rings. The molecule has 0 saturated carbocycles. The van der Waals surface area contributed by atoms with Crippen LogP contribution in [0.2, 0.25) is 0 Å². The topological polar surface area (TPSA) is 78.3 Å². The molecular formula is C25H25F5N4O3. The Hall–Kier alpha value is -3.54. The number of aromatic nitrogens is 3. The van der Waals surface area contributed by atoms with Crippen LogP contribution in [0.4, 0.5) is 27.6 Å². The molecule has 0 aliphatic carbocycles. The molecule has 37 heavy (non-hydrogen) atoms. The standard InChI is InChI=1S/C25H25F5N4O3/c1-13-10-32-18(34(13)4)12-36-21-16(7-8-17(26)20(21)27)19-14(2)24(3,25(28,29)30)37-22(19)23(35)33-15-6-5-9-31-11-15/h5-11,14,19,22H,12H2,1-4H3,(H,33,35)/t14-,19-,22+,24+/m0/s1. The smallest absolute Gasteiger partial charge is 0.417 e. The monoisotopic (exact) mass is 524 g/mol. The van der Waals surface area contributed by atoms with E-state index in [0.29, 0.717) is 5.82 Å². The number of nitrogens with zero attached hydrogens (tertiary/aromatic N) is 3. The van der Waals surface area contributed by atoms with Gasteiger partial charge < -0.3 is 19.4 Å². The van der Waals surface area contributed by atoms with E-state index in [0.717, 1.165) is 24.8 Å². The molecule has 1 amide bonds. The van der Waals surface area contributed by atoms with Gasteiger partial charge in [-0.1, -0.05) is 13.0 Å². The van der Waals surface area contributed by atoms with Crippen molar-refractivity contribution in [3.63, 3.8) is 0 Å². The minimum atomic E-state index is -4.86. The van der Waals surface area contributed by atoms with Gasteiger partial charge in [0.25, 0.3) is 5.91 Å². The van der Waals surface area contributed by atoms with Crippen molar-refractivity contribution in [2.45, 2.75) is 51.2 Å². The number of anilines is 1. The van der Waals surface area contributed by atoms with E-state index in [2.05, 4.69) is 15.3 Å². The Morgan fingerprint density at radius 1 is 1.24 bits per heavy atom. The van der Waals surface area contributed by atoms with Crippen LogP contribution in [0.3, 0.4) is 0 Å². The number of pyridine rings is 1. The largest absolute Gasteiger partial charge is 0.482 e. The molecule has 1 aliphatic rings. The molecule has 1 saturated heterocycles. The first-order chi connectivity index (χ1) is 17.3. The van der Waals surface area contributed by atoms with Gasteiger partial charge in [-0.3, -0.25) is 9.78 Å². The summed E-state index contributed by atoms with van der Waals surface area (Å²) in [5, 5.41) is 2.49. The Balaban J connectivity index is 1.77. The van der Waals surface area contributed by atoms with Crippen molar-refractivity contribution in [3.8, 4) is 5.75 Å². The van der Waals surface area contributed by atoms with Gasteiger partial charge in [-0.25, -0.2) is 9.37 Å². The molecular weight excluding hydrogens is 499 g/mol. The molecule has 2 aromatic heterocycles. The van der Waals surface area contributed by atoms with Gasteiger partial charge in [0.05, 0.1) is 11.9 Å². The summed E-state index contributed by atoms with van der Waals surface area (Å²) < 4.78 is 84.5. The Bertz CT molecular complexity index is 1300. The van der Waals surface area contributed by atoms with Gasteiger partial charge in [-0.05, 0) is 32.0 Å². The van der Waals surface area contributed by atoms with Gasteiger partial charge in [-0.2, -0.15) is 17.6 Å². The number of alkyl halides is 3. The number of rotatable bonds is 6. The van der Waals surface area contributed by atoms with Crippen LogP contribution in [-0.2, 0) is 23.2 Å². The third-order valence-corrected chi connectivity index (χ3v) is 6.96. The third-order valence-electron chi connectivity index (χ3n) is 6.96. The number of carbonyl (C=O) groups excluding carboxylic acids is 1. The average Bonchev–Trinajstić information content (AvgIpc) is 3.31. The number of nitrogens with one attached hydrogen (secondary N) is 1. The van der Waals surface area contributed by atoms with E-state index in [1.807, 2.05) is 0 Å². The van der Waals surface area contributed by atoms with Crippen molar-refractivity contribution >= 4 is 11.6 Å². The number of hydrogen-bond donors (Lipinski definition) is 1. The lowest BCUT2D eigenvalue weighted by molar-refractivity contribution is -0.272. The van der Waals surface area contributed by atoms with E-state index >= 15 is 4.39 Å². The van der Waals surface area contributed by atoms with E-state index in [4.69, 9.17) is 9.47 Å². The van der Waals surface area contributed by atoms with Crippen molar-refractivity contribution in [1.82, 2.24) is 14.5 Å².